The summed E-state index contributed by atoms with van der Waals surface area (Å²) in [6.07, 6.45) is 0. The summed E-state index contributed by atoms with van der Waals surface area (Å²) in [7, 11) is 0. The van der Waals surface area contributed by atoms with Crippen molar-refractivity contribution in [1.82, 2.24) is 14.1 Å². The van der Waals surface area contributed by atoms with E-state index in [1.807, 2.05) is 23.5 Å². The van der Waals surface area contributed by atoms with Crippen molar-refractivity contribution in [3.8, 4) is 33.9 Å². The van der Waals surface area contributed by atoms with Gasteiger partial charge in [0.1, 0.15) is 22.6 Å². The first-order chi connectivity index (χ1) is 30.3. The third-order valence-corrected chi connectivity index (χ3v) is 13.7. The van der Waals surface area contributed by atoms with Gasteiger partial charge in [-0.3, -0.25) is 4.57 Å². The van der Waals surface area contributed by atoms with Crippen molar-refractivity contribution in [2.45, 2.75) is 0 Å². The summed E-state index contributed by atoms with van der Waals surface area (Å²) >= 11 is 1.86. The molecule has 0 amide bonds. The Balaban J connectivity index is 1.12. The van der Waals surface area contributed by atoms with Gasteiger partial charge in [0.05, 0.1) is 32.5 Å². The van der Waals surface area contributed by atoms with E-state index in [1.165, 1.54) is 36.5 Å². The first-order valence-corrected chi connectivity index (χ1v) is 21.4. The second-order valence-electron chi connectivity index (χ2n) is 15.8. The highest BCUT2D eigenvalue weighted by Gasteiger charge is 2.26. The molecule has 0 aliphatic carbocycles. The Morgan fingerprint density at radius 1 is 0.443 bits per heavy atom. The van der Waals surface area contributed by atoms with Crippen LogP contribution in [0.2, 0.25) is 0 Å². The van der Waals surface area contributed by atoms with Gasteiger partial charge in [0.15, 0.2) is 5.58 Å². The van der Waals surface area contributed by atoms with Crippen LogP contribution >= 0.6 is 11.3 Å². The molecule has 5 aromatic heterocycles. The molecule has 0 atom stereocenters. The van der Waals surface area contributed by atoms with Crippen LogP contribution in [0.15, 0.2) is 197 Å². The van der Waals surface area contributed by atoms with Gasteiger partial charge in [0.2, 0.25) is 0 Å². The minimum atomic E-state index is 0.812. The second kappa shape index (κ2) is 12.3. The molecule has 0 radical (unpaired) electrons. The van der Waals surface area contributed by atoms with Gasteiger partial charge in [-0.1, -0.05) is 115 Å². The third-order valence-electron chi connectivity index (χ3n) is 12.5. The lowest BCUT2D eigenvalue weighted by molar-refractivity contribution is 0.667. The molecule has 0 N–H and O–H groups in total. The Kier molecular flexibility index (Phi) is 6.65. The molecular formula is C55H31N3O2S. The molecule has 0 unspecified atom stereocenters. The van der Waals surface area contributed by atoms with Crippen molar-refractivity contribution in [2.75, 3.05) is 0 Å². The zero-order valence-electron chi connectivity index (χ0n) is 32.5. The van der Waals surface area contributed by atoms with Gasteiger partial charge in [-0.15, -0.1) is 11.3 Å². The van der Waals surface area contributed by atoms with Crippen LogP contribution in [-0.4, -0.2) is 14.1 Å². The lowest BCUT2D eigenvalue weighted by Gasteiger charge is -2.12. The number of fused-ring (bicyclic) bond motifs is 14. The average Bonchev–Trinajstić information content (AvgIpc) is 4.14. The van der Waals surface area contributed by atoms with E-state index in [0.29, 0.717) is 0 Å². The monoisotopic (exact) mass is 797 g/mol. The Bertz CT molecular complexity index is 4120. The quantitative estimate of drug-likeness (QED) is 0.178. The van der Waals surface area contributed by atoms with Crippen LogP contribution in [0.5, 0.6) is 0 Å². The zero-order chi connectivity index (χ0) is 39.8. The highest BCUT2D eigenvalue weighted by molar-refractivity contribution is 7.26. The van der Waals surface area contributed by atoms with Gasteiger partial charge in [0, 0.05) is 64.6 Å². The molecule has 14 rings (SSSR count). The van der Waals surface area contributed by atoms with Crippen molar-refractivity contribution >= 4 is 108 Å². The summed E-state index contributed by atoms with van der Waals surface area (Å²) in [5.41, 5.74) is 12.8. The molecule has 0 aliphatic rings. The summed E-state index contributed by atoms with van der Waals surface area (Å²) in [6, 6.07) is 66.8. The van der Waals surface area contributed by atoms with E-state index in [0.717, 1.165) is 94.3 Å². The fourth-order valence-electron chi connectivity index (χ4n) is 9.90. The number of nitrogens with zero attached hydrogens (tertiary/aromatic N) is 3. The Hall–Kier alpha value is -7.93. The van der Waals surface area contributed by atoms with Crippen molar-refractivity contribution in [1.29, 1.82) is 0 Å². The molecule has 0 spiro atoms. The molecule has 5 nitrogen and oxygen atoms in total. The number of rotatable bonds is 4. The Labute approximate surface area is 351 Å². The largest absolute Gasteiger partial charge is 0.456 e. The minimum Gasteiger partial charge on any atom is -0.456 e. The van der Waals surface area contributed by atoms with Crippen LogP contribution in [0.25, 0.3) is 131 Å². The van der Waals surface area contributed by atoms with Gasteiger partial charge in [0.25, 0.3) is 0 Å². The number of thiophene rings is 1. The van der Waals surface area contributed by atoms with Crippen molar-refractivity contribution in [2.24, 2.45) is 0 Å². The molecule has 9 aromatic carbocycles. The first kappa shape index (κ1) is 33.0. The molecular weight excluding hydrogens is 767 g/mol. The van der Waals surface area contributed by atoms with E-state index in [-0.39, 0.29) is 0 Å². The second-order valence-corrected chi connectivity index (χ2v) is 16.9. The number of furan rings is 2. The molecule has 6 heteroatoms. The van der Waals surface area contributed by atoms with E-state index in [1.54, 1.807) is 0 Å². The SMILES string of the molecule is c1ccc(-n2c(-c3ccc(-c4ccc5oc6ccccc6c5c4)c4oc5c(-n6c7ccccc7c7ccc8c9ccccc9sc8c76)cccc5c34)nc3ccccc32)cc1. The average molecular weight is 798 g/mol. The molecule has 14 aromatic rings. The molecule has 5 heterocycles. The number of aromatic nitrogens is 3. The van der Waals surface area contributed by atoms with Crippen LogP contribution in [0.1, 0.15) is 0 Å². The summed E-state index contributed by atoms with van der Waals surface area (Å²) in [4.78, 5) is 5.38. The van der Waals surface area contributed by atoms with Gasteiger partial charge in [-0.25, -0.2) is 4.98 Å². The molecule has 0 saturated heterocycles. The van der Waals surface area contributed by atoms with Crippen LogP contribution in [0, 0.1) is 0 Å². The molecule has 0 saturated carbocycles. The summed E-state index contributed by atoms with van der Waals surface area (Å²) in [5, 5.41) is 9.19. The first-order valence-electron chi connectivity index (χ1n) is 20.5. The number of hydrogen-bond acceptors (Lipinski definition) is 4. The smallest absolute Gasteiger partial charge is 0.159 e. The van der Waals surface area contributed by atoms with E-state index >= 15 is 0 Å². The number of benzene rings is 9. The van der Waals surface area contributed by atoms with E-state index in [2.05, 4.69) is 185 Å². The van der Waals surface area contributed by atoms with Crippen molar-refractivity contribution < 1.29 is 8.83 Å². The van der Waals surface area contributed by atoms with Crippen molar-refractivity contribution in [3.05, 3.63) is 188 Å². The van der Waals surface area contributed by atoms with Crippen molar-refractivity contribution in [3.63, 3.8) is 0 Å². The summed E-state index contributed by atoms with van der Waals surface area (Å²) in [6.45, 7) is 0. The topological polar surface area (TPSA) is 49.0 Å². The molecule has 0 aliphatic heterocycles. The lowest BCUT2D eigenvalue weighted by Crippen LogP contribution is -1.98. The van der Waals surface area contributed by atoms with Gasteiger partial charge >= 0.3 is 0 Å². The minimum absolute atomic E-state index is 0.812. The van der Waals surface area contributed by atoms with E-state index in [4.69, 9.17) is 13.8 Å². The fourth-order valence-corrected chi connectivity index (χ4v) is 11.1. The van der Waals surface area contributed by atoms with Crippen LogP contribution in [-0.2, 0) is 0 Å². The maximum Gasteiger partial charge on any atom is 0.159 e. The molecule has 61 heavy (non-hydrogen) atoms. The van der Waals surface area contributed by atoms with Crippen LogP contribution in [0.4, 0.5) is 0 Å². The highest BCUT2D eigenvalue weighted by atomic mass is 32.1. The predicted molar refractivity (Wildman–Crippen MR) is 254 cm³/mol. The van der Waals surface area contributed by atoms with E-state index < -0.39 is 0 Å². The summed E-state index contributed by atoms with van der Waals surface area (Å²) < 4.78 is 21.0. The predicted octanol–water partition coefficient (Wildman–Crippen LogP) is 15.6. The third kappa shape index (κ3) is 4.57. The lowest BCUT2D eigenvalue weighted by atomic mass is 9.96. The number of hydrogen-bond donors (Lipinski definition) is 0. The molecule has 0 fully saturated rings. The number of para-hydroxylation sites is 6. The number of imidazole rings is 1. The highest BCUT2D eigenvalue weighted by Crippen LogP contribution is 2.48. The molecule has 0 bridgehead atoms. The zero-order valence-corrected chi connectivity index (χ0v) is 33.3. The standard InChI is InChI=1S/C55H31N3O2S/c1-2-13-33(14-3-1)57-45-21-9-7-19-43(45)56-55(57)41-29-26-34(32-25-30-48-42(31-32)36-16-5-10-23-47(36)59-48)53-50(41)40-18-12-22-46(52(40)60-53)58-44-20-8-4-15-35(44)38-27-28-39-37-17-6-11-24-49(37)61-54(39)51(38)58/h1-31H. The van der Waals surface area contributed by atoms with E-state index in [9.17, 15) is 0 Å². The Morgan fingerprint density at radius 2 is 1.16 bits per heavy atom. The fraction of sp³-hybridized carbons (Fsp3) is 0. The van der Waals surface area contributed by atoms with Crippen LogP contribution < -0.4 is 0 Å². The maximum absolute atomic E-state index is 7.45. The normalized spacial score (nSPS) is 12.3. The van der Waals surface area contributed by atoms with Gasteiger partial charge in [-0.05, 0) is 78.4 Å². The summed E-state index contributed by atoms with van der Waals surface area (Å²) in [5.74, 6) is 0.859. The van der Waals surface area contributed by atoms with Gasteiger partial charge in [-0.2, -0.15) is 0 Å². The Morgan fingerprint density at radius 3 is 2.08 bits per heavy atom. The van der Waals surface area contributed by atoms with Gasteiger partial charge < -0.3 is 13.4 Å². The van der Waals surface area contributed by atoms with Crippen LogP contribution in [0.3, 0.4) is 0 Å². The molecule has 284 valence electrons. The maximum atomic E-state index is 7.45.